The van der Waals surface area contributed by atoms with Crippen LogP contribution in [-0.2, 0) is 11.2 Å². The maximum Gasteiger partial charge on any atom is 0.192 e. The minimum absolute atomic E-state index is 0.156. The Balaban J connectivity index is 2.04. The Bertz CT molecular complexity index is 866. The Hall–Kier alpha value is -1.84. The van der Waals surface area contributed by atoms with Crippen LogP contribution in [0.2, 0.25) is 0 Å². The largest absolute Gasteiger partial charge is 0.288 e. The minimum atomic E-state index is 0.156. The van der Waals surface area contributed by atoms with Gasteiger partial charge in [-0.3, -0.25) is 4.79 Å². The highest BCUT2D eigenvalue weighted by Gasteiger charge is 2.15. The number of hydrogen-bond acceptors (Lipinski definition) is 5. The molecule has 0 spiro atoms. The van der Waals surface area contributed by atoms with Crippen LogP contribution in [-0.4, -0.2) is 33.4 Å². The van der Waals surface area contributed by atoms with Gasteiger partial charge >= 0.3 is 0 Å². The van der Waals surface area contributed by atoms with E-state index in [1.807, 2.05) is 55.5 Å². The van der Waals surface area contributed by atoms with E-state index in [0.717, 1.165) is 22.8 Å². The normalized spacial score (nSPS) is 11.3. The van der Waals surface area contributed by atoms with Crippen molar-refractivity contribution < 1.29 is 4.79 Å². The van der Waals surface area contributed by atoms with E-state index in [1.165, 1.54) is 0 Å². The lowest BCUT2D eigenvalue weighted by molar-refractivity contribution is -0.109. The lowest BCUT2D eigenvalue weighted by Gasteiger charge is -2.05. The van der Waals surface area contributed by atoms with Crippen LogP contribution in [0.4, 0.5) is 0 Å². The zero-order valence-electron chi connectivity index (χ0n) is 12.5. The molecule has 114 valence electrons. The van der Waals surface area contributed by atoms with Gasteiger partial charge in [-0.25, -0.2) is 4.68 Å². The van der Waals surface area contributed by atoms with E-state index in [9.17, 15) is 4.79 Å². The lowest BCUT2D eigenvalue weighted by Crippen LogP contribution is -2.06. The van der Waals surface area contributed by atoms with Gasteiger partial charge in [-0.2, -0.15) is 9.61 Å². The molecule has 0 bridgehead atoms. The summed E-state index contributed by atoms with van der Waals surface area (Å²) in [4.78, 5) is 11.2. The van der Waals surface area contributed by atoms with Crippen molar-refractivity contribution in [2.45, 2.75) is 33.6 Å². The van der Waals surface area contributed by atoms with E-state index in [4.69, 9.17) is 0 Å². The molecule has 0 aliphatic heterocycles. The van der Waals surface area contributed by atoms with E-state index in [-0.39, 0.29) is 3.79 Å². The molecule has 3 heterocycles. The van der Waals surface area contributed by atoms with Gasteiger partial charge in [0.05, 0.1) is 5.69 Å². The molecule has 7 nitrogen and oxygen atoms in total. The number of carbonyl (C=O) groups excluding carboxylic acids is 1. The average molecular weight is 410 g/mol. The fraction of sp³-hybridized carbons (Fsp3) is 0.357. The number of halogens is 1. The fourth-order valence-corrected chi connectivity index (χ4v) is 2.75. The quantitative estimate of drug-likeness (QED) is 0.487. The molecule has 0 N–H and O–H groups in total. The van der Waals surface area contributed by atoms with Crippen LogP contribution in [0.5, 0.6) is 0 Å². The molecular formula is C14H15IN6O. The van der Waals surface area contributed by atoms with Crippen molar-refractivity contribution in [1.82, 2.24) is 29.6 Å². The molecule has 8 heteroatoms. The van der Waals surface area contributed by atoms with Gasteiger partial charge in [0.2, 0.25) is 0 Å². The second-order valence-electron chi connectivity index (χ2n) is 5.13. The topological polar surface area (TPSA) is 78.0 Å². The molecule has 0 aliphatic rings. The second-order valence-corrected chi connectivity index (χ2v) is 6.33. The Morgan fingerprint density at radius 1 is 1.18 bits per heavy atom. The first-order chi connectivity index (χ1) is 10.5. The van der Waals surface area contributed by atoms with Crippen LogP contribution in [0.15, 0.2) is 12.1 Å². The summed E-state index contributed by atoms with van der Waals surface area (Å²) in [6, 6.07) is 3.74. The van der Waals surface area contributed by atoms with Gasteiger partial charge in [0.25, 0.3) is 0 Å². The molecule has 0 aromatic carbocycles. The molecule has 3 aromatic rings. The third-order valence-electron chi connectivity index (χ3n) is 3.63. The predicted molar refractivity (Wildman–Crippen MR) is 89.5 cm³/mol. The van der Waals surface area contributed by atoms with Crippen LogP contribution in [0.3, 0.4) is 0 Å². The van der Waals surface area contributed by atoms with Gasteiger partial charge in [0.1, 0.15) is 0 Å². The van der Waals surface area contributed by atoms with E-state index in [1.54, 1.807) is 9.20 Å². The predicted octanol–water partition coefficient (Wildman–Crippen LogP) is 2.13. The van der Waals surface area contributed by atoms with Crippen molar-refractivity contribution in [3.63, 3.8) is 0 Å². The molecule has 0 aliphatic carbocycles. The summed E-state index contributed by atoms with van der Waals surface area (Å²) in [5.74, 6) is 1.44. The number of rotatable bonds is 4. The van der Waals surface area contributed by atoms with Crippen molar-refractivity contribution >= 4 is 32.0 Å². The van der Waals surface area contributed by atoms with Gasteiger partial charge in [0, 0.05) is 12.1 Å². The number of nitrogens with zero attached hydrogens (tertiary/aromatic N) is 6. The third kappa shape index (κ3) is 2.62. The smallest absolute Gasteiger partial charge is 0.192 e. The molecule has 0 fully saturated rings. The summed E-state index contributed by atoms with van der Waals surface area (Å²) in [7, 11) is 0. The highest BCUT2D eigenvalue weighted by atomic mass is 127. The fourth-order valence-electron chi connectivity index (χ4n) is 2.48. The summed E-state index contributed by atoms with van der Waals surface area (Å²) >= 11 is 1.83. The van der Waals surface area contributed by atoms with E-state index >= 15 is 0 Å². The van der Waals surface area contributed by atoms with Crippen molar-refractivity contribution in [3.8, 4) is 5.82 Å². The first kappa shape index (κ1) is 15.1. The molecule has 3 rings (SSSR count). The van der Waals surface area contributed by atoms with Crippen LogP contribution in [0.1, 0.15) is 29.2 Å². The third-order valence-corrected chi connectivity index (χ3v) is 4.17. The standard InChI is InChI=1S/C14H15IN6O/c1-8-11(4-5-12(15)22)9(2)20(18-8)14-7-6-13-17-16-10(3)21(13)19-14/h6-7H,4-5H2,1-3H3. The summed E-state index contributed by atoms with van der Waals surface area (Å²) in [6.07, 6.45) is 1.22. The molecule has 0 amide bonds. The Morgan fingerprint density at radius 3 is 2.68 bits per heavy atom. The van der Waals surface area contributed by atoms with E-state index in [0.29, 0.717) is 24.3 Å². The van der Waals surface area contributed by atoms with Crippen LogP contribution < -0.4 is 0 Å². The SMILES string of the molecule is Cc1nn(-c2ccc3nnc(C)n3n2)c(C)c1CCC(=O)I. The molecule has 0 unspecified atom stereocenters. The zero-order valence-corrected chi connectivity index (χ0v) is 14.7. The summed E-state index contributed by atoms with van der Waals surface area (Å²) < 4.78 is 3.66. The van der Waals surface area contributed by atoms with Gasteiger partial charge in [0.15, 0.2) is 21.1 Å². The molecular weight excluding hydrogens is 395 g/mol. The molecule has 0 saturated carbocycles. The van der Waals surface area contributed by atoms with Gasteiger partial charge in [-0.05, 0) is 67.5 Å². The number of carbonyl (C=O) groups is 1. The van der Waals surface area contributed by atoms with Gasteiger partial charge in [-0.15, -0.1) is 15.3 Å². The molecule has 3 aromatic heterocycles. The summed E-state index contributed by atoms with van der Waals surface area (Å²) in [5.41, 5.74) is 3.75. The van der Waals surface area contributed by atoms with Crippen molar-refractivity contribution in [2.75, 3.05) is 0 Å². The molecule has 0 saturated heterocycles. The average Bonchev–Trinajstić information content (AvgIpc) is 2.98. The highest BCUT2D eigenvalue weighted by Crippen LogP contribution is 2.19. The molecule has 0 atom stereocenters. The van der Waals surface area contributed by atoms with E-state index < -0.39 is 0 Å². The van der Waals surface area contributed by atoms with Crippen LogP contribution in [0, 0.1) is 20.8 Å². The Kier molecular flexibility index (Phi) is 3.94. The van der Waals surface area contributed by atoms with E-state index in [2.05, 4.69) is 20.4 Å². The summed E-state index contributed by atoms with van der Waals surface area (Å²) in [6.45, 7) is 5.81. The van der Waals surface area contributed by atoms with Crippen molar-refractivity contribution in [2.24, 2.45) is 0 Å². The second kappa shape index (κ2) is 5.75. The Labute approximate surface area is 140 Å². The minimum Gasteiger partial charge on any atom is -0.288 e. The number of hydrogen-bond donors (Lipinski definition) is 0. The lowest BCUT2D eigenvalue weighted by atomic mass is 10.1. The van der Waals surface area contributed by atoms with Gasteiger partial charge in [-0.1, -0.05) is 0 Å². The maximum absolute atomic E-state index is 11.2. The van der Waals surface area contributed by atoms with Gasteiger partial charge < -0.3 is 0 Å². The molecule has 0 radical (unpaired) electrons. The van der Waals surface area contributed by atoms with Crippen molar-refractivity contribution in [3.05, 3.63) is 34.9 Å². The van der Waals surface area contributed by atoms with Crippen LogP contribution in [0.25, 0.3) is 11.5 Å². The number of fused-ring (bicyclic) bond motifs is 1. The number of aryl methyl sites for hydroxylation is 2. The zero-order chi connectivity index (χ0) is 15.9. The first-order valence-corrected chi connectivity index (χ1v) is 7.98. The highest BCUT2D eigenvalue weighted by molar-refractivity contribution is 14.1. The monoisotopic (exact) mass is 410 g/mol. The van der Waals surface area contributed by atoms with Crippen molar-refractivity contribution in [1.29, 1.82) is 0 Å². The maximum atomic E-state index is 11.2. The molecule has 22 heavy (non-hydrogen) atoms. The Morgan fingerprint density at radius 2 is 1.95 bits per heavy atom. The number of aromatic nitrogens is 6. The summed E-state index contributed by atoms with van der Waals surface area (Å²) in [5, 5.41) is 17.1. The van der Waals surface area contributed by atoms with Crippen LogP contribution >= 0.6 is 22.6 Å². The first-order valence-electron chi connectivity index (χ1n) is 6.90.